The third kappa shape index (κ3) is 6.42. The standard InChI is InChI=1S/C21H31N5S.HI/c1-16-13-23-19(27-16)14-24-20(22-3)25-15-21(11-7-8-12-21)26-17(2)18-9-5-4-6-10-18;/h4-6,9-10,13,17,26H,7-8,11-12,14-15H2,1-3H3,(H2,22,24,25);1H. The third-order valence-electron chi connectivity index (χ3n) is 5.28. The van der Waals surface area contributed by atoms with Gasteiger partial charge in [-0.3, -0.25) is 4.99 Å². The van der Waals surface area contributed by atoms with Crippen LogP contribution < -0.4 is 16.0 Å². The van der Waals surface area contributed by atoms with Crippen LogP contribution >= 0.6 is 35.3 Å². The van der Waals surface area contributed by atoms with E-state index in [0.29, 0.717) is 12.6 Å². The largest absolute Gasteiger partial charge is 0.355 e. The SMILES string of the molecule is CN=C(NCc1ncc(C)s1)NCC1(NC(C)c2ccccc2)CCCC1.I. The molecule has 0 bridgehead atoms. The van der Waals surface area contributed by atoms with Gasteiger partial charge in [-0.1, -0.05) is 43.2 Å². The highest BCUT2D eigenvalue weighted by Crippen LogP contribution is 2.31. The fourth-order valence-corrected chi connectivity index (χ4v) is 4.55. The van der Waals surface area contributed by atoms with Gasteiger partial charge in [-0.15, -0.1) is 35.3 Å². The Labute approximate surface area is 189 Å². The molecule has 1 aliphatic carbocycles. The van der Waals surface area contributed by atoms with E-state index >= 15 is 0 Å². The van der Waals surface area contributed by atoms with Crippen molar-refractivity contribution in [3.63, 3.8) is 0 Å². The van der Waals surface area contributed by atoms with Crippen molar-refractivity contribution in [3.05, 3.63) is 52.0 Å². The summed E-state index contributed by atoms with van der Waals surface area (Å²) in [6.07, 6.45) is 6.86. The van der Waals surface area contributed by atoms with Crippen molar-refractivity contribution in [2.75, 3.05) is 13.6 Å². The van der Waals surface area contributed by atoms with Gasteiger partial charge in [0.05, 0.1) is 6.54 Å². The Kier molecular flexibility index (Phi) is 9.17. The lowest BCUT2D eigenvalue weighted by Crippen LogP contribution is -2.54. The summed E-state index contributed by atoms with van der Waals surface area (Å²) in [5.74, 6) is 0.836. The Morgan fingerprint density at radius 3 is 2.54 bits per heavy atom. The van der Waals surface area contributed by atoms with Crippen LogP contribution in [0.4, 0.5) is 0 Å². The lowest BCUT2D eigenvalue weighted by molar-refractivity contribution is 0.297. The Bertz CT molecular complexity index is 740. The minimum Gasteiger partial charge on any atom is -0.355 e. The molecule has 0 radical (unpaired) electrons. The van der Waals surface area contributed by atoms with E-state index < -0.39 is 0 Å². The van der Waals surface area contributed by atoms with E-state index in [1.54, 1.807) is 11.3 Å². The lowest BCUT2D eigenvalue weighted by atomic mass is 9.94. The molecule has 2 aromatic rings. The number of nitrogens with zero attached hydrogens (tertiary/aromatic N) is 2. The van der Waals surface area contributed by atoms with Gasteiger partial charge in [0.25, 0.3) is 0 Å². The van der Waals surface area contributed by atoms with Gasteiger partial charge in [-0.05, 0) is 32.3 Å². The van der Waals surface area contributed by atoms with E-state index in [0.717, 1.165) is 17.5 Å². The number of benzene rings is 1. The molecule has 3 N–H and O–H groups in total. The molecule has 7 heteroatoms. The molecule has 1 aromatic carbocycles. The van der Waals surface area contributed by atoms with E-state index in [1.165, 1.54) is 36.1 Å². The second kappa shape index (κ2) is 11.1. The first-order valence-electron chi connectivity index (χ1n) is 9.79. The van der Waals surface area contributed by atoms with Crippen molar-refractivity contribution in [2.45, 2.75) is 57.7 Å². The number of hydrogen-bond acceptors (Lipinski definition) is 4. The van der Waals surface area contributed by atoms with Gasteiger partial charge in [0.1, 0.15) is 5.01 Å². The molecule has 1 atom stereocenters. The van der Waals surface area contributed by atoms with Crippen molar-refractivity contribution in [1.29, 1.82) is 0 Å². The highest BCUT2D eigenvalue weighted by atomic mass is 127. The fraction of sp³-hybridized carbons (Fsp3) is 0.524. The first-order chi connectivity index (χ1) is 13.1. The van der Waals surface area contributed by atoms with Gasteiger partial charge in [-0.25, -0.2) is 4.98 Å². The molecule has 1 unspecified atom stereocenters. The van der Waals surface area contributed by atoms with Crippen LogP contribution in [0.15, 0.2) is 41.5 Å². The summed E-state index contributed by atoms with van der Waals surface area (Å²) in [6.45, 7) is 5.92. The number of guanidine groups is 1. The predicted molar refractivity (Wildman–Crippen MR) is 130 cm³/mol. The number of nitrogens with one attached hydrogen (secondary N) is 3. The molecular weight excluding hydrogens is 481 g/mol. The van der Waals surface area contributed by atoms with Gasteiger partial charge in [0, 0.05) is 36.2 Å². The van der Waals surface area contributed by atoms with Crippen molar-refractivity contribution in [1.82, 2.24) is 20.9 Å². The number of rotatable bonds is 7. The maximum Gasteiger partial charge on any atom is 0.191 e. The molecule has 0 spiro atoms. The molecule has 1 heterocycles. The quantitative estimate of drug-likeness (QED) is 0.292. The highest BCUT2D eigenvalue weighted by molar-refractivity contribution is 14.0. The lowest BCUT2D eigenvalue weighted by Gasteiger charge is -2.34. The molecule has 1 fully saturated rings. The summed E-state index contributed by atoms with van der Waals surface area (Å²) in [5, 5.41) is 11.9. The topological polar surface area (TPSA) is 61.3 Å². The monoisotopic (exact) mass is 513 g/mol. The summed E-state index contributed by atoms with van der Waals surface area (Å²) >= 11 is 1.72. The van der Waals surface area contributed by atoms with Gasteiger partial charge in [0.15, 0.2) is 5.96 Å². The van der Waals surface area contributed by atoms with Gasteiger partial charge >= 0.3 is 0 Å². The van der Waals surface area contributed by atoms with Crippen molar-refractivity contribution < 1.29 is 0 Å². The van der Waals surface area contributed by atoms with Crippen LogP contribution in [0, 0.1) is 6.92 Å². The number of hydrogen-bond donors (Lipinski definition) is 3. The van der Waals surface area contributed by atoms with E-state index in [4.69, 9.17) is 0 Å². The summed E-state index contributed by atoms with van der Waals surface area (Å²) in [4.78, 5) is 10.0. The maximum absolute atomic E-state index is 4.41. The Balaban J connectivity index is 0.00000280. The average molecular weight is 513 g/mol. The zero-order valence-corrected chi connectivity index (χ0v) is 20.1. The minimum atomic E-state index is 0. The number of aliphatic imine (C=N–C) groups is 1. The van der Waals surface area contributed by atoms with E-state index in [1.807, 2.05) is 13.2 Å². The Morgan fingerprint density at radius 1 is 1.21 bits per heavy atom. The molecule has 1 aromatic heterocycles. The average Bonchev–Trinajstić information content (AvgIpc) is 3.32. The number of aryl methyl sites for hydroxylation is 1. The first-order valence-corrected chi connectivity index (χ1v) is 10.6. The molecular formula is C21H32IN5S. The van der Waals surface area contributed by atoms with Gasteiger partial charge in [0.2, 0.25) is 0 Å². The molecule has 1 aliphatic rings. The molecule has 0 amide bonds. The Morgan fingerprint density at radius 2 is 1.93 bits per heavy atom. The fourth-order valence-electron chi connectivity index (χ4n) is 3.82. The predicted octanol–water partition coefficient (Wildman–Crippen LogP) is 4.40. The number of aromatic nitrogens is 1. The van der Waals surface area contributed by atoms with Crippen LogP contribution in [0.5, 0.6) is 0 Å². The second-order valence-corrected chi connectivity index (χ2v) is 8.73. The number of halogens is 1. The van der Waals surface area contributed by atoms with Crippen LogP contribution in [0.1, 0.15) is 54.1 Å². The summed E-state index contributed by atoms with van der Waals surface area (Å²) in [5.41, 5.74) is 1.45. The smallest absolute Gasteiger partial charge is 0.191 e. The van der Waals surface area contributed by atoms with Gasteiger partial charge < -0.3 is 16.0 Å². The van der Waals surface area contributed by atoms with Crippen LogP contribution in [0.25, 0.3) is 0 Å². The normalized spacial score (nSPS) is 17.0. The van der Waals surface area contributed by atoms with E-state index in [-0.39, 0.29) is 29.5 Å². The van der Waals surface area contributed by atoms with E-state index in [9.17, 15) is 0 Å². The Hall–Kier alpha value is -1.19. The molecule has 28 heavy (non-hydrogen) atoms. The summed E-state index contributed by atoms with van der Waals surface area (Å²) < 4.78 is 0. The summed E-state index contributed by atoms with van der Waals surface area (Å²) in [6, 6.07) is 11.0. The third-order valence-corrected chi connectivity index (χ3v) is 6.19. The zero-order chi connectivity index (χ0) is 19.1. The molecule has 0 saturated heterocycles. The van der Waals surface area contributed by atoms with Crippen LogP contribution in [0.3, 0.4) is 0 Å². The summed E-state index contributed by atoms with van der Waals surface area (Å²) in [7, 11) is 1.82. The van der Waals surface area contributed by atoms with Gasteiger partial charge in [-0.2, -0.15) is 0 Å². The minimum absolute atomic E-state index is 0. The molecule has 3 rings (SSSR count). The zero-order valence-electron chi connectivity index (χ0n) is 17.0. The molecule has 154 valence electrons. The van der Waals surface area contributed by atoms with E-state index in [2.05, 4.69) is 70.1 Å². The maximum atomic E-state index is 4.41. The molecule has 0 aliphatic heterocycles. The van der Waals surface area contributed by atoms with Crippen molar-refractivity contribution >= 4 is 41.3 Å². The van der Waals surface area contributed by atoms with Crippen LogP contribution in [-0.2, 0) is 6.54 Å². The second-order valence-electron chi connectivity index (χ2n) is 7.41. The number of thiazole rings is 1. The van der Waals surface area contributed by atoms with Crippen LogP contribution in [-0.4, -0.2) is 30.1 Å². The molecule has 5 nitrogen and oxygen atoms in total. The van der Waals surface area contributed by atoms with Crippen molar-refractivity contribution in [3.8, 4) is 0 Å². The van der Waals surface area contributed by atoms with Crippen LogP contribution in [0.2, 0.25) is 0 Å². The molecule has 1 saturated carbocycles. The highest BCUT2D eigenvalue weighted by Gasteiger charge is 2.35. The van der Waals surface area contributed by atoms with Crippen molar-refractivity contribution in [2.24, 2.45) is 4.99 Å². The first kappa shape index (κ1) is 23.1.